The van der Waals surface area contributed by atoms with Crippen LogP contribution in [0.2, 0.25) is 0 Å². The van der Waals surface area contributed by atoms with Crippen LogP contribution in [0.4, 0.5) is 0 Å². The third-order valence-electron chi connectivity index (χ3n) is 7.52. The number of para-hydroxylation sites is 1. The summed E-state index contributed by atoms with van der Waals surface area (Å²) >= 11 is -0.284. The van der Waals surface area contributed by atoms with E-state index in [9.17, 15) is 17.8 Å². The summed E-state index contributed by atoms with van der Waals surface area (Å²) in [5, 5.41) is 1.32. The summed E-state index contributed by atoms with van der Waals surface area (Å²) in [6, 6.07) is 30.1. The highest BCUT2D eigenvalue weighted by atomic mass is 127. The van der Waals surface area contributed by atoms with Crippen molar-refractivity contribution >= 4 is 32.1 Å². The van der Waals surface area contributed by atoms with Gasteiger partial charge in [0.2, 0.25) is 5.43 Å². The van der Waals surface area contributed by atoms with Crippen LogP contribution < -0.4 is 26.6 Å². The number of unbranched alkanes of at least 4 members (excludes halogenated alkanes) is 9. The van der Waals surface area contributed by atoms with Crippen LogP contribution in [0.15, 0.2) is 111 Å². The average Bonchev–Trinajstić information content (AvgIpc) is 3.03. The van der Waals surface area contributed by atoms with Gasteiger partial charge in [-0.25, -0.2) is 8.42 Å². The first-order chi connectivity index (χ1) is 21.3. The molecule has 5 aromatic rings. The Bertz CT molecular complexity index is 1760. The molecular formula is C37H41IO5S. The molecule has 0 aliphatic rings. The van der Waals surface area contributed by atoms with Crippen molar-refractivity contribution in [1.29, 1.82) is 0 Å². The van der Waals surface area contributed by atoms with Crippen molar-refractivity contribution < 1.29 is 38.6 Å². The van der Waals surface area contributed by atoms with Gasteiger partial charge in [0.15, 0.2) is 7.14 Å². The van der Waals surface area contributed by atoms with Crippen LogP contribution >= 0.6 is 0 Å². The number of aryl methyl sites for hydroxylation is 1. The van der Waals surface area contributed by atoms with E-state index in [1.165, 1.54) is 77.1 Å². The van der Waals surface area contributed by atoms with E-state index < -0.39 is 10.1 Å². The molecule has 0 bridgehead atoms. The Labute approximate surface area is 271 Å². The Hall–Kier alpha value is -3.01. The number of halogens is 1. The largest absolute Gasteiger partial charge is 0.744 e. The molecule has 0 spiro atoms. The first-order valence-electron chi connectivity index (χ1n) is 15.6. The van der Waals surface area contributed by atoms with Gasteiger partial charge in [-0.1, -0.05) is 107 Å². The second-order valence-electron chi connectivity index (χ2n) is 11.0. The highest BCUT2D eigenvalue weighted by Gasteiger charge is 2.17. The van der Waals surface area contributed by atoms with Crippen molar-refractivity contribution in [2.24, 2.45) is 0 Å². The van der Waals surface area contributed by atoms with Gasteiger partial charge < -0.3 is 8.97 Å². The van der Waals surface area contributed by atoms with Gasteiger partial charge in [0, 0.05) is 6.07 Å². The molecule has 7 heteroatoms. The van der Waals surface area contributed by atoms with Crippen LogP contribution in [0.25, 0.3) is 21.9 Å². The molecule has 0 unspecified atom stereocenters. The predicted molar refractivity (Wildman–Crippen MR) is 174 cm³/mol. The Kier molecular flexibility index (Phi) is 13.4. The third kappa shape index (κ3) is 10.6. The van der Waals surface area contributed by atoms with Crippen LogP contribution in [0, 0.1) is 7.14 Å². The van der Waals surface area contributed by atoms with Gasteiger partial charge in [0.25, 0.3) is 0 Å². The summed E-state index contributed by atoms with van der Waals surface area (Å²) in [5.74, 6) is 0. The van der Waals surface area contributed by atoms with Crippen LogP contribution in [-0.2, 0) is 16.5 Å². The van der Waals surface area contributed by atoms with Crippen molar-refractivity contribution in [3.05, 3.63) is 120 Å². The molecular weight excluding hydrogens is 683 g/mol. The molecule has 0 N–H and O–H groups in total. The first-order valence-corrected chi connectivity index (χ1v) is 19.1. The first kappa shape index (κ1) is 33.9. The molecule has 44 heavy (non-hydrogen) atoms. The van der Waals surface area contributed by atoms with Gasteiger partial charge in [-0.05, 0) is 66.9 Å². The van der Waals surface area contributed by atoms with E-state index in [-0.39, 0.29) is 31.5 Å². The maximum absolute atomic E-state index is 12.6. The minimum absolute atomic E-state index is 0.0516. The second-order valence-corrected chi connectivity index (χ2v) is 15.4. The zero-order valence-electron chi connectivity index (χ0n) is 25.3. The fraction of sp³-hybridized carbons (Fsp3) is 0.324. The van der Waals surface area contributed by atoms with Crippen LogP contribution in [0.3, 0.4) is 0 Å². The number of fused-ring (bicyclic) bond motifs is 2. The number of benzene rings is 4. The van der Waals surface area contributed by atoms with Crippen molar-refractivity contribution in [2.45, 2.75) is 82.4 Å². The second kappa shape index (κ2) is 17.5. The van der Waals surface area contributed by atoms with E-state index in [0.29, 0.717) is 21.9 Å². The van der Waals surface area contributed by atoms with Crippen LogP contribution in [0.1, 0.15) is 76.7 Å². The lowest BCUT2D eigenvalue weighted by molar-refractivity contribution is -0.597. The highest BCUT2D eigenvalue weighted by Crippen LogP contribution is 2.18. The predicted octanol–water partition coefficient (Wildman–Crippen LogP) is 6.13. The molecule has 0 radical (unpaired) electrons. The van der Waals surface area contributed by atoms with Crippen LogP contribution in [0.5, 0.6) is 0 Å². The average molecular weight is 725 g/mol. The van der Waals surface area contributed by atoms with Gasteiger partial charge in [-0.3, -0.25) is 4.79 Å². The zero-order chi connectivity index (χ0) is 31.2. The van der Waals surface area contributed by atoms with Crippen molar-refractivity contribution in [1.82, 2.24) is 0 Å². The van der Waals surface area contributed by atoms with Crippen molar-refractivity contribution in [3.8, 4) is 0 Å². The smallest absolute Gasteiger partial charge is 0.357 e. The van der Waals surface area contributed by atoms with E-state index in [4.69, 9.17) is 4.42 Å². The molecule has 1 aromatic heterocycles. The fourth-order valence-corrected chi connectivity index (χ4v) is 7.87. The summed E-state index contributed by atoms with van der Waals surface area (Å²) < 4.78 is 40.9. The van der Waals surface area contributed by atoms with Gasteiger partial charge >= 0.3 is 21.2 Å². The molecule has 0 aliphatic carbocycles. The quantitative estimate of drug-likeness (QED) is 0.0596. The number of hydrogen-bond acceptors (Lipinski definition) is 5. The summed E-state index contributed by atoms with van der Waals surface area (Å²) in [6.07, 6.45) is 14.0. The molecule has 5 rings (SSSR count). The van der Waals surface area contributed by atoms with Gasteiger partial charge in [-0.15, -0.1) is 0 Å². The highest BCUT2D eigenvalue weighted by molar-refractivity contribution is 7.85. The fourth-order valence-electron chi connectivity index (χ4n) is 5.08. The minimum atomic E-state index is -4.31. The summed E-state index contributed by atoms with van der Waals surface area (Å²) in [6.45, 7) is 2.24. The summed E-state index contributed by atoms with van der Waals surface area (Å²) in [5.41, 5.74) is 2.46. The Morgan fingerprint density at radius 3 is 1.89 bits per heavy atom. The molecule has 0 saturated heterocycles. The van der Waals surface area contributed by atoms with E-state index >= 15 is 0 Å². The van der Waals surface area contributed by atoms with E-state index in [2.05, 4.69) is 37.3 Å². The lowest BCUT2D eigenvalue weighted by Gasteiger charge is -2.08. The topological polar surface area (TPSA) is 87.4 Å². The Balaban J connectivity index is 0.000000201. The standard InChI is InChI=1S/C19H12IO2.C18H30O3S/c21-19-15-8-4-5-9-17(15)22-18-11-10-14(12-16(18)19)20-13-6-2-1-3-7-13;1-2-3-4-5-6-7-8-9-10-11-12-17-13-15-18(16-14-17)22(19,20)21/h1-12H;13-16H,2-12H2,1H3,(H,19,20,21)/q+1;/p-1. The van der Waals surface area contributed by atoms with Gasteiger partial charge in [0.1, 0.15) is 21.3 Å². The summed E-state index contributed by atoms with van der Waals surface area (Å²) in [7, 11) is -4.31. The SMILES string of the molecule is CCCCCCCCCCCCc1ccc(S(=O)(=O)[O-])cc1.O=c1c2ccccc2oc2ccc([I+]c3ccccc3)cc12. The van der Waals surface area contributed by atoms with E-state index in [1.807, 2.05) is 42.5 Å². The molecule has 0 atom stereocenters. The maximum Gasteiger partial charge on any atom is 0.357 e. The molecule has 5 nitrogen and oxygen atoms in total. The van der Waals surface area contributed by atoms with Gasteiger partial charge in [0.05, 0.1) is 15.7 Å². The zero-order valence-corrected chi connectivity index (χ0v) is 28.3. The molecule has 4 aromatic carbocycles. The lowest BCUT2D eigenvalue weighted by atomic mass is 10.0. The third-order valence-corrected chi connectivity index (χ3v) is 11.0. The van der Waals surface area contributed by atoms with E-state index in [1.54, 1.807) is 12.1 Å². The van der Waals surface area contributed by atoms with Crippen molar-refractivity contribution in [3.63, 3.8) is 0 Å². The molecule has 0 aliphatic heterocycles. The molecule has 0 amide bonds. The Morgan fingerprint density at radius 1 is 0.636 bits per heavy atom. The van der Waals surface area contributed by atoms with E-state index in [0.717, 1.165) is 18.4 Å². The molecule has 1 heterocycles. The number of hydrogen-bond donors (Lipinski definition) is 0. The molecule has 0 fully saturated rings. The van der Waals surface area contributed by atoms with Crippen molar-refractivity contribution in [2.75, 3.05) is 0 Å². The van der Waals surface area contributed by atoms with Gasteiger partial charge in [-0.2, -0.15) is 0 Å². The summed E-state index contributed by atoms with van der Waals surface area (Å²) in [4.78, 5) is 12.5. The monoisotopic (exact) mass is 724 g/mol. The number of rotatable bonds is 14. The maximum atomic E-state index is 12.6. The minimum Gasteiger partial charge on any atom is -0.744 e. The molecule has 232 valence electrons. The normalized spacial score (nSPS) is 11.4. The van der Waals surface area contributed by atoms with Crippen LogP contribution in [-0.4, -0.2) is 13.0 Å². The lowest BCUT2D eigenvalue weighted by Crippen LogP contribution is -3.61. The molecule has 0 saturated carbocycles. The Morgan fingerprint density at radius 2 is 1.23 bits per heavy atom.